The minimum absolute atomic E-state index is 0.541. The Hall–Kier alpha value is -1.79. The standard InChI is InChI=1S/C12H10ClN3O2S/c1-19(17,18)15-16-11-6-8(13)2-3-9(11)10-4-5-14-7-12(10)16/h2-7,15H,1H3. The maximum atomic E-state index is 11.5. The maximum absolute atomic E-state index is 11.5. The minimum Gasteiger partial charge on any atom is -0.262 e. The van der Waals surface area contributed by atoms with Gasteiger partial charge in [-0.05, 0) is 18.2 Å². The van der Waals surface area contributed by atoms with Gasteiger partial charge in [-0.2, -0.15) is 0 Å². The van der Waals surface area contributed by atoms with E-state index >= 15 is 0 Å². The molecule has 2 aromatic heterocycles. The van der Waals surface area contributed by atoms with E-state index in [4.69, 9.17) is 11.6 Å². The zero-order chi connectivity index (χ0) is 13.6. The van der Waals surface area contributed by atoms with Crippen LogP contribution in [0.3, 0.4) is 0 Å². The van der Waals surface area contributed by atoms with Crippen LogP contribution in [-0.2, 0) is 10.0 Å². The predicted octanol–water partition coefficient (Wildman–Crippen LogP) is 2.35. The van der Waals surface area contributed by atoms with E-state index in [2.05, 4.69) is 9.82 Å². The molecular formula is C12H10ClN3O2S. The molecule has 3 rings (SSSR count). The molecule has 0 aliphatic rings. The summed E-state index contributed by atoms with van der Waals surface area (Å²) in [6.45, 7) is 0. The van der Waals surface area contributed by atoms with Gasteiger partial charge in [-0.15, -0.1) is 0 Å². The zero-order valence-electron chi connectivity index (χ0n) is 9.96. The number of nitrogens with zero attached hydrogens (tertiary/aromatic N) is 2. The van der Waals surface area contributed by atoms with Crippen LogP contribution in [0.5, 0.6) is 0 Å². The summed E-state index contributed by atoms with van der Waals surface area (Å²) in [5.74, 6) is 0. The molecule has 0 unspecified atom stereocenters. The second-order valence-electron chi connectivity index (χ2n) is 4.25. The van der Waals surface area contributed by atoms with Crippen molar-refractivity contribution in [3.63, 3.8) is 0 Å². The summed E-state index contributed by atoms with van der Waals surface area (Å²) in [5, 5.41) is 2.37. The molecule has 0 atom stereocenters. The minimum atomic E-state index is -3.40. The average Bonchev–Trinajstić information content (AvgIpc) is 2.62. The molecule has 2 heterocycles. The molecule has 3 aromatic rings. The van der Waals surface area contributed by atoms with E-state index in [0.29, 0.717) is 16.1 Å². The summed E-state index contributed by atoms with van der Waals surface area (Å²) in [6, 6.07) is 7.19. The van der Waals surface area contributed by atoms with E-state index in [1.54, 1.807) is 24.5 Å². The summed E-state index contributed by atoms with van der Waals surface area (Å²) in [6.07, 6.45) is 4.38. The van der Waals surface area contributed by atoms with E-state index in [0.717, 1.165) is 17.0 Å². The van der Waals surface area contributed by atoms with Gasteiger partial charge in [0.05, 0.1) is 23.5 Å². The first-order valence-electron chi connectivity index (χ1n) is 5.47. The van der Waals surface area contributed by atoms with Crippen molar-refractivity contribution in [1.29, 1.82) is 0 Å². The van der Waals surface area contributed by atoms with Crippen molar-refractivity contribution in [3.8, 4) is 0 Å². The van der Waals surface area contributed by atoms with Gasteiger partial charge in [-0.1, -0.05) is 17.7 Å². The van der Waals surface area contributed by atoms with Crippen LogP contribution in [0, 0.1) is 0 Å². The Balaban J connectivity index is 2.46. The van der Waals surface area contributed by atoms with Gasteiger partial charge < -0.3 is 0 Å². The predicted molar refractivity (Wildman–Crippen MR) is 76.5 cm³/mol. The number of nitrogens with one attached hydrogen (secondary N) is 1. The molecule has 0 saturated heterocycles. The number of hydrogen-bond donors (Lipinski definition) is 1. The molecule has 0 amide bonds. The maximum Gasteiger partial charge on any atom is 0.243 e. The first-order chi connectivity index (χ1) is 8.96. The highest BCUT2D eigenvalue weighted by Gasteiger charge is 2.13. The lowest BCUT2D eigenvalue weighted by molar-refractivity contribution is 0.602. The summed E-state index contributed by atoms with van der Waals surface area (Å²) in [5.41, 5.74) is 1.38. The zero-order valence-corrected chi connectivity index (χ0v) is 11.5. The Bertz CT molecular complexity index is 887. The smallest absolute Gasteiger partial charge is 0.243 e. The molecule has 19 heavy (non-hydrogen) atoms. The molecule has 0 radical (unpaired) electrons. The molecule has 0 aliphatic carbocycles. The number of hydrogen-bond acceptors (Lipinski definition) is 3. The number of sulfonamides is 1. The molecular weight excluding hydrogens is 286 g/mol. The van der Waals surface area contributed by atoms with Gasteiger partial charge in [0, 0.05) is 22.0 Å². The van der Waals surface area contributed by atoms with Gasteiger partial charge in [0.1, 0.15) is 0 Å². The summed E-state index contributed by atoms with van der Waals surface area (Å²) < 4.78 is 24.5. The molecule has 5 nitrogen and oxygen atoms in total. The second kappa shape index (κ2) is 4.11. The van der Waals surface area contributed by atoms with Gasteiger partial charge >= 0.3 is 0 Å². The third kappa shape index (κ3) is 2.13. The van der Waals surface area contributed by atoms with Crippen LogP contribution in [0.15, 0.2) is 36.7 Å². The van der Waals surface area contributed by atoms with Crippen LogP contribution in [0.25, 0.3) is 21.8 Å². The number of fused-ring (bicyclic) bond motifs is 3. The van der Waals surface area contributed by atoms with Crippen LogP contribution >= 0.6 is 11.6 Å². The molecule has 7 heteroatoms. The molecule has 1 aromatic carbocycles. The van der Waals surface area contributed by atoms with Gasteiger partial charge in [-0.3, -0.25) is 4.98 Å². The summed E-state index contributed by atoms with van der Waals surface area (Å²) >= 11 is 5.98. The molecule has 0 spiro atoms. The lowest BCUT2D eigenvalue weighted by Gasteiger charge is -2.08. The highest BCUT2D eigenvalue weighted by molar-refractivity contribution is 7.91. The van der Waals surface area contributed by atoms with Crippen LogP contribution in [-0.4, -0.2) is 24.3 Å². The van der Waals surface area contributed by atoms with E-state index in [1.165, 1.54) is 4.68 Å². The van der Waals surface area contributed by atoms with Crippen molar-refractivity contribution >= 4 is 43.4 Å². The van der Waals surface area contributed by atoms with Crippen LogP contribution in [0.1, 0.15) is 0 Å². The van der Waals surface area contributed by atoms with Crippen LogP contribution in [0.4, 0.5) is 0 Å². The first-order valence-corrected chi connectivity index (χ1v) is 7.74. The highest BCUT2D eigenvalue weighted by Crippen LogP contribution is 2.29. The lowest BCUT2D eigenvalue weighted by Crippen LogP contribution is -2.21. The van der Waals surface area contributed by atoms with Gasteiger partial charge in [0.2, 0.25) is 10.0 Å². The van der Waals surface area contributed by atoms with Crippen LogP contribution in [0.2, 0.25) is 5.02 Å². The van der Waals surface area contributed by atoms with Crippen molar-refractivity contribution in [1.82, 2.24) is 9.66 Å². The summed E-state index contributed by atoms with van der Waals surface area (Å²) in [4.78, 5) is 6.50. The van der Waals surface area contributed by atoms with Crippen molar-refractivity contribution in [3.05, 3.63) is 41.7 Å². The molecule has 1 N–H and O–H groups in total. The third-order valence-electron chi connectivity index (χ3n) is 2.79. The number of benzene rings is 1. The highest BCUT2D eigenvalue weighted by atomic mass is 35.5. The number of pyridine rings is 1. The van der Waals surface area contributed by atoms with Gasteiger partial charge in [0.25, 0.3) is 0 Å². The summed E-state index contributed by atoms with van der Waals surface area (Å²) in [7, 11) is -3.40. The monoisotopic (exact) mass is 295 g/mol. The van der Waals surface area contributed by atoms with E-state index in [-0.39, 0.29) is 0 Å². The molecule has 98 valence electrons. The van der Waals surface area contributed by atoms with Gasteiger partial charge in [-0.25, -0.2) is 17.9 Å². The van der Waals surface area contributed by atoms with E-state index < -0.39 is 10.0 Å². The molecule has 0 bridgehead atoms. The lowest BCUT2D eigenvalue weighted by atomic mass is 10.2. The van der Waals surface area contributed by atoms with Crippen molar-refractivity contribution in [2.75, 3.05) is 11.1 Å². The van der Waals surface area contributed by atoms with Crippen molar-refractivity contribution in [2.24, 2.45) is 0 Å². The number of rotatable bonds is 2. The first kappa shape index (κ1) is 12.3. The molecule has 0 saturated carbocycles. The van der Waals surface area contributed by atoms with Gasteiger partial charge in [0.15, 0.2) is 0 Å². The third-order valence-corrected chi connectivity index (χ3v) is 3.54. The Labute approximate surface area is 114 Å². The Morgan fingerprint density at radius 2 is 1.95 bits per heavy atom. The Morgan fingerprint density at radius 1 is 1.21 bits per heavy atom. The quantitative estimate of drug-likeness (QED) is 0.789. The van der Waals surface area contributed by atoms with E-state index in [9.17, 15) is 8.42 Å². The van der Waals surface area contributed by atoms with Crippen molar-refractivity contribution in [2.45, 2.75) is 0 Å². The SMILES string of the molecule is CS(=O)(=O)Nn1c2cnccc2c2ccc(Cl)cc21. The normalized spacial score (nSPS) is 12.1. The van der Waals surface area contributed by atoms with E-state index in [1.807, 2.05) is 12.1 Å². The fourth-order valence-corrected chi connectivity index (χ4v) is 2.80. The number of halogens is 1. The fraction of sp³-hybridized carbons (Fsp3) is 0.0833. The number of aromatic nitrogens is 2. The average molecular weight is 296 g/mol. The van der Waals surface area contributed by atoms with Crippen molar-refractivity contribution < 1.29 is 8.42 Å². The topological polar surface area (TPSA) is 64.0 Å². The van der Waals surface area contributed by atoms with Crippen LogP contribution < -0.4 is 4.83 Å². The largest absolute Gasteiger partial charge is 0.262 e. The fourth-order valence-electron chi connectivity index (χ4n) is 2.10. The Kier molecular flexibility index (Phi) is 2.65. The Morgan fingerprint density at radius 3 is 2.68 bits per heavy atom. The molecule has 0 aliphatic heterocycles. The molecule has 0 fully saturated rings. The second-order valence-corrected chi connectivity index (χ2v) is 6.42.